The van der Waals surface area contributed by atoms with Crippen molar-refractivity contribution >= 4 is 23.6 Å². The van der Waals surface area contributed by atoms with E-state index in [4.69, 9.17) is 0 Å². The highest BCUT2D eigenvalue weighted by Crippen LogP contribution is 2.21. The minimum atomic E-state index is -0.118. The Balaban J connectivity index is 1.45. The van der Waals surface area contributed by atoms with Gasteiger partial charge in [0.15, 0.2) is 0 Å². The molecule has 1 N–H and O–H groups in total. The van der Waals surface area contributed by atoms with Gasteiger partial charge < -0.3 is 10.2 Å². The Morgan fingerprint density at radius 1 is 0.694 bits per heavy atom. The Labute approximate surface area is 212 Å². The van der Waals surface area contributed by atoms with Gasteiger partial charge in [-0.25, -0.2) is 0 Å². The van der Waals surface area contributed by atoms with Gasteiger partial charge in [-0.15, -0.1) is 0 Å². The molecule has 4 aromatic carbocycles. The summed E-state index contributed by atoms with van der Waals surface area (Å²) in [5.41, 5.74) is 4.81. The van der Waals surface area contributed by atoms with Crippen LogP contribution in [0.15, 0.2) is 121 Å². The minimum absolute atomic E-state index is 0.0343. The number of hydrogen-bond acceptors (Lipinski definition) is 2. The molecule has 0 aliphatic carbocycles. The highest BCUT2D eigenvalue weighted by Gasteiger charge is 2.15. The number of carbonyl (C=O) groups is 2. The quantitative estimate of drug-likeness (QED) is 0.294. The van der Waals surface area contributed by atoms with Crippen molar-refractivity contribution < 1.29 is 9.59 Å². The Hall–Kier alpha value is -4.44. The van der Waals surface area contributed by atoms with E-state index in [0.717, 1.165) is 28.8 Å². The number of nitrogens with zero attached hydrogens (tertiary/aromatic N) is 1. The van der Waals surface area contributed by atoms with Crippen LogP contribution in [0.2, 0.25) is 0 Å². The molecule has 2 amide bonds. The standard InChI is InChI=1S/C32H30N2O2/c35-31(33-22-21-27-13-6-2-7-14-27)24-29-17-10-18-30(23-29)34(25-28-15-8-3-9-16-28)32(36)20-19-26-11-4-1-5-12-26/h1-20,23H,21-22,24-25H2,(H,33,35). The van der Waals surface area contributed by atoms with E-state index < -0.39 is 0 Å². The van der Waals surface area contributed by atoms with Crippen molar-refractivity contribution in [2.75, 3.05) is 11.4 Å². The smallest absolute Gasteiger partial charge is 0.251 e. The van der Waals surface area contributed by atoms with E-state index >= 15 is 0 Å². The molecule has 0 saturated carbocycles. The van der Waals surface area contributed by atoms with Crippen molar-refractivity contribution in [1.82, 2.24) is 5.32 Å². The highest BCUT2D eigenvalue weighted by atomic mass is 16.2. The van der Waals surface area contributed by atoms with Gasteiger partial charge in [-0.05, 0) is 46.9 Å². The molecule has 4 rings (SSSR count). The van der Waals surface area contributed by atoms with Crippen LogP contribution in [0.5, 0.6) is 0 Å². The number of carbonyl (C=O) groups excluding carboxylic acids is 2. The second kappa shape index (κ2) is 12.9. The lowest BCUT2D eigenvalue weighted by molar-refractivity contribution is -0.120. The first-order valence-electron chi connectivity index (χ1n) is 12.2. The molecule has 4 aromatic rings. The molecule has 0 atom stereocenters. The van der Waals surface area contributed by atoms with Crippen LogP contribution in [0.3, 0.4) is 0 Å². The van der Waals surface area contributed by atoms with Crippen molar-refractivity contribution in [3.63, 3.8) is 0 Å². The number of nitrogens with one attached hydrogen (secondary N) is 1. The number of hydrogen-bond donors (Lipinski definition) is 1. The maximum absolute atomic E-state index is 13.3. The lowest BCUT2D eigenvalue weighted by atomic mass is 10.1. The zero-order valence-corrected chi connectivity index (χ0v) is 20.2. The summed E-state index contributed by atoms with van der Waals surface area (Å²) in [6, 6.07) is 37.4. The summed E-state index contributed by atoms with van der Waals surface area (Å²) in [6.07, 6.45) is 4.47. The lowest BCUT2D eigenvalue weighted by Gasteiger charge is -2.22. The minimum Gasteiger partial charge on any atom is -0.355 e. The Morgan fingerprint density at radius 3 is 2.00 bits per heavy atom. The maximum Gasteiger partial charge on any atom is 0.251 e. The molecule has 4 nitrogen and oxygen atoms in total. The fraction of sp³-hybridized carbons (Fsp3) is 0.125. The van der Waals surface area contributed by atoms with Gasteiger partial charge in [-0.3, -0.25) is 9.59 Å². The van der Waals surface area contributed by atoms with Crippen molar-refractivity contribution in [3.8, 4) is 0 Å². The van der Waals surface area contributed by atoms with Crippen molar-refractivity contribution in [1.29, 1.82) is 0 Å². The van der Waals surface area contributed by atoms with Crippen LogP contribution in [0.4, 0.5) is 5.69 Å². The first-order chi connectivity index (χ1) is 17.7. The predicted octanol–water partition coefficient (Wildman–Crippen LogP) is 5.83. The fourth-order valence-corrected chi connectivity index (χ4v) is 3.96. The molecule has 0 aliphatic rings. The normalized spacial score (nSPS) is 10.8. The van der Waals surface area contributed by atoms with Gasteiger partial charge in [0.25, 0.3) is 5.91 Å². The van der Waals surface area contributed by atoms with Crippen LogP contribution in [-0.4, -0.2) is 18.4 Å². The molecule has 0 radical (unpaired) electrons. The Kier molecular flexibility index (Phi) is 8.82. The summed E-state index contributed by atoms with van der Waals surface area (Å²) < 4.78 is 0. The molecule has 0 saturated heterocycles. The van der Waals surface area contributed by atoms with Crippen LogP contribution in [0.1, 0.15) is 22.3 Å². The fourth-order valence-electron chi connectivity index (χ4n) is 3.96. The number of amides is 2. The third-order valence-electron chi connectivity index (χ3n) is 5.83. The lowest BCUT2D eigenvalue weighted by Crippen LogP contribution is -2.29. The number of rotatable bonds is 10. The summed E-state index contributed by atoms with van der Waals surface area (Å²) >= 11 is 0. The number of benzene rings is 4. The van der Waals surface area contributed by atoms with E-state index in [-0.39, 0.29) is 18.2 Å². The van der Waals surface area contributed by atoms with Gasteiger partial charge >= 0.3 is 0 Å². The first kappa shape index (κ1) is 24.7. The van der Waals surface area contributed by atoms with Crippen LogP contribution in [-0.2, 0) is 29.0 Å². The molecule has 0 fully saturated rings. The second-order valence-electron chi connectivity index (χ2n) is 8.59. The van der Waals surface area contributed by atoms with Crippen molar-refractivity contribution in [2.45, 2.75) is 19.4 Å². The third kappa shape index (κ3) is 7.54. The molecule has 0 unspecified atom stereocenters. The molecule has 0 aromatic heterocycles. The van der Waals surface area contributed by atoms with Crippen LogP contribution in [0, 0.1) is 0 Å². The molecule has 0 spiro atoms. The summed E-state index contributed by atoms with van der Waals surface area (Å²) in [5.74, 6) is -0.153. The van der Waals surface area contributed by atoms with Crippen LogP contribution >= 0.6 is 0 Å². The van der Waals surface area contributed by atoms with Gasteiger partial charge in [-0.1, -0.05) is 103 Å². The molecule has 0 bridgehead atoms. The molecule has 36 heavy (non-hydrogen) atoms. The monoisotopic (exact) mass is 474 g/mol. The van der Waals surface area contributed by atoms with E-state index in [0.29, 0.717) is 13.1 Å². The average Bonchev–Trinajstić information content (AvgIpc) is 2.92. The van der Waals surface area contributed by atoms with Crippen LogP contribution in [0.25, 0.3) is 6.08 Å². The number of anilines is 1. The average molecular weight is 475 g/mol. The zero-order chi connectivity index (χ0) is 25.0. The van der Waals surface area contributed by atoms with Gasteiger partial charge in [-0.2, -0.15) is 0 Å². The largest absolute Gasteiger partial charge is 0.355 e. The van der Waals surface area contributed by atoms with Crippen molar-refractivity contribution in [2.24, 2.45) is 0 Å². The highest BCUT2D eigenvalue weighted by molar-refractivity contribution is 6.03. The summed E-state index contributed by atoms with van der Waals surface area (Å²) in [7, 11) is 0. The molecule has 4 heteroatoms. The SMILES string of the molecule is O=C(Cc1cccc(N(Cc2ccccc2)C(=O)C=Cc2ccccc2)c1)NCCc1ccccc1. The zero-order valence-electron chi connectivity index (χ0n) is 20.2. The Bertz CT molecular complexity index is 1290. The Morgan fingerprint density at radius 2 is 1.31 bits per heavy atom. The van der Waals surface area contributed by atoms with Gasteiger partial charge in [0, 0.05) is 18.3 Å². The van der Waals surface area contributed by atoms with E-state index in [1.807, 2.05) is 109 Å². The molecular weight excluding hydrogens is 444 g/mol. The predicted molar refractivity (Wildman–Crippen MR) is 146 cm³/mol. The topological polar surface area (TPSA) is 49.4 Å². The summed E-state index contributed by atoms with van der Waals surface area (Å²) in [6.45, 7) is 1.02. The maximum atomic E-state index is 13.3. The van der Waals surface area contributed by atoms with Crippen molar-refractivity contribution in [3.05, 3.63) is 144 Å². The first-order valence-corrected chi connectivity index (χ1v) is 12.2. The molecular formula is C32H30N2O2. The van der Waals surface area contributed by atoms with Gasteiger partial charge in [0.1, 0.15) is 0 Å². The van der Waals surface area contributed by atoms with Crippen LogP contribution < -0.4 is 10.2 Å². The molecule has 180 valence electrons. The van der Waals surface area contributed by atoms with Gasteiger partial charge in [0.05, 0.1) is 13.0 Å². The second-order valence-corrected chi connectivity index (χ2v) is 8.59. The van der Waals surface area contributed by atoms with E-state index in [9.17, 15) is 9.59 Å². The summed E-state index contributed by atoms with van der Waals surface area (Å²) in [5, 5.41) is 3.00. The van der Waals surface area contributed by atoms with E-state index in [1.165, 1.54) is 5.56 Å². The summed E-state index contributed by atoms with van der Waals surface area (Å²) in [4.78, 5) is 27.6. The van der Waals surface area contributed by atoms with E-state index in [1.54, 1.807) is 11.0 Å². The van der Waals surface area contributed by atoms with Gasteiger partial charge in [0.2, 0.25) is 5.91 Å². The molecule has 0 heterocycles. The molecule has 0 aliphatic heterocycles. The van der Waals surface area contributed by atoms with E-state index in [2.05, 4.69) is 17.4 Å². The third-order valence-corrected chi connectivity index (χ3v) is 5.83.